The Morgan fingerprint density at radius 2 is 2.00 bits per heavy atom. The predicted octanol–water partition coefficient (Wildman–Crippen LogP) is 4.69. The fraction of sp³-hybridized carbons (Fsp3) is 0.360. The van der Waals surface area contributed by atoms with Crippen molar-refractivity contribution in [2.75, 3.05) is 18.4 Å². The van der Waals surface area contributed by atoms with Crippen molar-refractivity contribution in [3.63, 3.8) is 0 Å². The average Bonchev–Trinajstić information content (AvgIpc) is 3.62. The molecule has 1 aliphatic rings. The summed E-state index contributed by atoms with van der Waals surface area (Å²) < 4.78 is 3.85. The van der Waals surface area contributed by atoms with Gasteiger partial charge in [-0.2, -0.15) is 5.10 Å². The number of piperidine rings is 1. The Bertz CT molecular complexity index is 1530. The van der Waals surface area contributed by atoms with Crippen LogP contribution in [-0.2, 0) is 11.3 Å². The Balaban J connectivity index is 1.18. The highest BCUT2D eigenvalue weighted by Gasteiger charge is 2.26. The quantitative estimate of drug-likeness (QED) is 0.310. The van der Waals surface area contributed by atoms with Crippen LogP contribution >= 0.6 is 34.9 Å². The third-order valence-corrected chi connectivity index (χ3v) is 8.77. The van der Waals surface area contributed by atoms with Gasteiger partial charge in [-0.15, -0.1) is 22.7 Å². The van der Waals surface area contributed by atoms with Crippen molar-refractivity contribution in [3.05, 3.63) is 61.2 Å². The summed E-state index contributed by atoms with van der Waals surface area (Å²) in [5, 5.41) is 21.5. The third-order valence-electron chi connectivity index (χ3n) is 6.51. The van der Waals surface area contributed by atoms with Crippen molar-refractivity contribution in [3.8, 4) is 11.7 Å². The van der Waals surface area contributed by atoms with Gasteiger partial charge in [-0.1, -0.05) is 0 Å². The van der Waals surface area contributed by atoms with E-state index < -0.39 is 0 Å². The number of pyridine rings is 1. The van der Waals surface area contributed by atoms with E-state index in [-0.39, 0.29) is 23.6 Å². The molecule has 1 fully saturated rings. The molecule has 0 unspecified atom stereocenters. The van der Waals surface area contributed by atoms with E-state index in [4.69, 9.17) is 12.2 Å². The second-order valence-electron chi connectivity index (χ2n) is 9.16. The monoisotopic (exact) mass is 569 g/mol. The zero-order chi connectivity index (χ0) is 26.8. The summed E-state index contributed by atoms with van der Waals surface area (Å²) in [4.78, 5) is 36.7. The normalized spacial score (nSPS) is 14.1. The van der Waals surface area contributed by atoms with Gasteiger partial charge >= 0.3 is 0 Å². The van der Waals surface area contributed by atoms with Gasteiger partial charge in [0.15, 0.2) is 9.77 Å². The standard InChI is InChI=1S/C25H27N7O3S3/c1-15-12-16(2)32(29-15)22-18(4-3-8-26-22)27-23(35)19-13-37-24(28-19)17-5-9-30(10-6-17)20(33)7-11-31-21(34)14-38-25(31)36/h3-4,8,12-14,17,34H,5-7,9-11H2,1-2H3,(H,27,35). The smallest absolute Gasteiger partial charge is 0.275 e. The number of aromatic hydroxyl groups is 1. The molecule has 0 spiro atoms. The van der Waals surface area contributed by atoms with Gasteiger partial charge in [-0.05, 0) is 57.1 Å². The molecule has 1 saturated heterocycles. The van der Waals surface area contributed by atoms with Crippen LogP contribution in [0.25, 0.3) is 5.82 Å². The summed E-state index contributed by atoms with van der Waals surface area (Å²) in [6.45, 7) is 5.49. The lowest BCUT2D eigenvalue weighted by atomic mass is 9.97. The van der Waals surface area contributed by atoms with Crippen LogP contribution in [0.2, 0.25) is 0 Å². The van der Waals surface area contributed by atoms with E-state index in [1.165, 1.54) is 22.7 Å². The first kappa shape index (κ1) is 26.2. The summed E-state index contributed by atoms with van der Waals surface area (Å²) in [5.74, 6) is 0.594. The van der Waals surface area contributed by atoms with E-state index in [2.05, 4.69) is 20.4 Å². The highest BCUT2D eigenvalue weighted by molar-refractivity contribution is 7.73. The van der Waals surface area contributed by atoms with Crippen LogP contribution in [-0.4, -0.2) is 59.2 Å². The second kappa shape index (κ2) is 11.1. The maximum absolute atomic E-state index is 13.0. The maximum atomic E-state index is 13.0. The molecule has 4 aromatic heterocycles. The van der Waals surface area contributed by atoms with Crippen molar-refractivity contribution in [2.24, 2.45) is 0 Å². The van der Waals surface area contributed by atoms with Crippen molar-refractivity contribution < 1.29 is 14.7 Å². The van der Waals surface area contributed by atoms with Crippen molar-refractivity contribution in [1.29, 1.82) is 0 Å². The minimum atomic E-state index is -0.300. The minimum absolute atomic E-state index is 0.0463. The third kappa shape index (κ3) is 5.54. The van der Waals surface area contributed by atoms with Crippen LogP contribution in [0.5, 0.6) is 5.88 Å². The van der Waals surface area contributed by atoms with Crippen LogP contribution in [0.1, 0.15) is 52.1 Å². The summed E-state index contributed by atoms with van der Waals surface area (Å²) in [5.41, 5.74) is 2.71. The number of carbonyl (C=O) groups is 2. The van der Waals surface area contributed by atoms with Crippen LogP contribution in [0.3, 0.4) is 0 Å². The number of aryl methyl sites for hydroxylation is 2. The average molecular weight is 570 g/mol. The predicted molar refractivity (Wildman–Crippen MR) is 149 cm³/mol. The number of carbonyl (C=O) groups excluding carboxylic acids is 2. The first-order valence-corrected chi connectivity index (χ1v) is 14.4. The van der Waals surface area contributed by atoms with Gasteiger partial charge in [0.05, 0.1) is 21.8 Å². The second-order valence-corrected chi connectivity index (χ2v) is 11.5. The van der Waals surface area contributed by atoms with Gasteiger partial charge in [0.2, 0.25) is 11.8 Å². The SMILES string of the molecule is Cc1cc(C)n(-c2ncccc2NC(=O)c2csc(C3CCN(C(=O)CCn4c(O)csc4=S)CC3)n2)n1. The van der Waals surface area contributed by atoms with Crippen LogP contribution < -0.4 is 5.32 Å². The molecular weight excluding hydrogens is 543 g/mol. The number of aromatic nitrogens is 5. The number of nitrogens with one attached hydrogen (secondary N) is 1. The molecule has 38 heavy (non-hydrogen) atoms. The Labute approximate surface area is 232 Å². The molecule has 1 aliphatic heterocycles. The summed E-state index contributed by atoms with van der Waals surface area (Å²) in [7, 11) is 0. The van der Waals surface area contributed by atoms with Crippen molar-refractivity contribution in [2.45, 2.75) is 45.6 Å². The van der Waals surface area contributed by atoms with Gasteiger partial charge < -0.3 is 15.3 Å². The summed E-state index contributed by atoms with van der Waals surface area (Å²) in [6, 6.07) is 5.52. The fourth-order valence-electron chi connectivity index (χ4n) is 4.54. The molecule has 2 N–H and O–H groups in total. The van der Waals surface area contributed by atoms with Gasteiger partial charge in [0.1, 0.15) is 5.69 Å². The van der Waals surface area contributed by atoms with Gasteiger partial charge in [-0.3, -0.25) is 14.2 Å². The number of anilines is 1. The van der Waals surface area contributed by atoms with E-state index in [0.29, 0.717) is 47.2 Å². The number of nitrogens with zero attached hydrogens (tertiary/aromatic N) is 6. The Kier molecular flexibility index (Phi) is 7.68. The van der Waals surface area contributed by atoms with Crippen LogP contribution in [0.15, 0.2) is 35.2 Å². The molecule has 10 nitrogen and oxygen atoms in total. The van der Waals surface area contributed by atoms with E-state index in [0.717, 1.165) is 29.2 Å². The Morgan fingerprint density at radius 3 is 2.68 bits per heavy atom. The first-order valence-electron chi connectivity index (χ1n) is 12.2. The molecule has 5 rings (SSSR count). The van der Waals surface area contributed by atoms with Gasteiger partial charge in [0, 0.05) is 49.2 Å². The number of thiazole rings is 2. The molecule has 2 amide bonds. The molecule has 198 valence electrons. The molecule has 0 bridgehead atoms. The molecule has 5 heterocycles. The number of hydrogen-bond donors (Lipinski definition) is 2. The Morgan fingerprint density at radius 1 is 1.21 bits per heavy atom. The molecular formula is C25H27N7O3S3. The molecule has 0 saturated carbocycles. The van der Waals surface area contributed by atoms with E-state index in [9.17, 15) is 14.7 Å². The van der Waals surface area contributed by atoms with Gasteiger partial charge in [-0.25, -0.2) is 14.6 Å². The summed E-state index contributed by atoms with van der Waals surface area (Å²) in [6.07, 6.45) is 3.53. The highest BCUT2D eigenvalue weighted by Crippen LogP contribution is 2.31. The zero-order valence-corrected chi connectivity index (χ0v) is 23.4. The highest BCUT2D eigenvalue weighted by atomic mass is 32.1. The van der Waals surface area contributed by atoms with E-state index in [1.54, 1.807) is 38.3 Å². The maximum Gasteiger partial charge on any atom is 0.275 e. The number of rotatable bonds is 7. The van der Waals surface area contributed by atoms with E-state index in [1.807, 2.05) is 24.8 Å². The number of hydrogen-bond acceptors (Lipinski definition) is 9. The topological polar surface area (TPSA) is 118 Å². The van der Waals surface area contributed by atoms with Crippen molar-refractivity contribution >= 4 is 52.4 Å². The lowest BCUT2D eigenvalue weighted by Gasteiger charge is -2.31. The number of amides is 2. The lowest BCUT2D eigenvalue weighted by molar-refractivity contribution is -0.132. The molecule has 13 heteroatoms. The molecule has 0 aliphatic carbocycles. The van der Waals surface area contributed by atoms with E-state index >= 15 is 0 Å². The number of likely N-dealkylation sites (tertiary alicyclic amines) is 1. The zero-order valence-electron chi connectivity index (χ0n) is 21.0. The molecule has 4 aromatic rings. The first-order chi connectivity index (χ1) is 18.3. The molecule has 0 radical (unpaired) electrons. The largest absolute Gasteiger partial charge is 0.494 e. The van der Waals surface area contributed by atoms with Gasteiger partial charge in [0.25, 0.3) is 5.91 Å². The fourth-order valence-corrected chi connectivity index (χ4v) is 6.49. The Hall–Kier alpha value is -3.42. The van der Waals surface area contributed by atoms with Crippen molar-refractivity contribution in [1.82, 2.24) is 29.2 Å². The van der Waals surface area contributed by atoms with Crippen LogP contribution in [0, 0.1) is 17.8 Å². The molecule has 0 aromatic carbocycles. The van der Waals surface area contributed by atoms with Crippen LogP contribution in [0.4, 0.5) is 5.69 Å². The minimum Gasteiger partial charge on any atom is -0.494 e. The molecule has 0 atom stereocenters. The lowest BCUT2D eigenvalue weighted by Crippen LogP contribution is -2.38. The summed E-state index contributed by atoms with van der Waals surface area (Å²) >= 11 is 7.95.